The molecule has 0 aromatic heterocycles. The third-order valence-corrected chi connectivity index (χ3v) is 1.39. The van der Waals surface area contributed by atoms with Crippen molar-refractivity contribution >= 4 is 0 Å². The molecule has 0 saturated carbocycles. The van der Waals surface area contributed by atoms with Gasteiger partial charge in [0.05, 0.1) is 6.61 Å². The van der Waals surface area contributed by atoms with Crippen LogP contribution in [0.2, 0.25) is 0 Å². The van der Waals surface area contributed by atoms with Crippen molar-refractivity contribution in [2.75, 3.05) is 19.8 Å². The molecule has 0 aliphatic heterocycles. The van der Waals surface area contributed by atoms with Gasteiger partial charge in [-0.1, -0.05) is 12.1 Å². The molecular weight excluding hydrogens is 152 g/mol. The van der Waals surface area contributed by atoms with Crippen LogP contribution in [0.25, 0.3) is 0 Å². The van der Waals surface area contributed by atoms with Crippen molar-refractivity contribution in [3.8, 4) is 5.75 Å². The van der Waals surface area contributed by atoms with Crippen molar-refractivity contribution in [1.29, 1.82) is 0 Å². The van der Waals surface area contributed by atoms with E-state index in [-0.39, 0.29) is 0 Å². The van der Waals surface area contributed by atoms with Gasteiger partial charge in [-0.2, -0.15) is 0 Å². The minimum atomic E-state index is 0.609. The second-order valence-corrected chi connectivity index (χ2v) is 2.28. The van der Waals surface area contributed by atoms with Gasteiger partial charge in [-0.25, -0.2) is 0 Å². The van der Waals surface area contributed by atoms with E-state index in [1.165, 1.54) is 0 Å². The highest BCUT2D eigenvalue weighted by molar-refractivity contribution is 5.20. The molecule has 2 heteroatoms. The molecule has 0 bridgehead atoms. The number of ether oxygens (including phenoxy) is 2. The molecule has 0 heterocycles. The van der Waals surface area contributed by atoms with Gasteiger partial charge in [0.1, 0.15) is 12.4 Å². The van der Waals surface area contributed by atoms with E-state index in [0.29, 0.717) is 13.2 Å². The van der Waals surface area contributed by atoms with E-state index in [2.05, 4.69) is 6.07 Å². The van der Waals surface area contributed by atoms with Crippen molar-refractivity contribution in [1.82, 2.24) is 0 Å². The molecule has 0 fully saturated rings. The first kappa shape index (κ1) is 9.07. The summed E-state index contributed by atoms with van der Waals surface area (Å²) in [4.78, 5) is 0. The van der Waals surface area contributed by atoms with E-state index in [1.807, 2.05) is 31.2 Å². The van der Waals surface area contributed by atoms with E-state index < -0.39 is 0 Å². The molecule has 12 heavy (non-hydrogen) atoms. The first-order chi connectivity index (χ1) is 5.93. The summed E-state index contributed by atoms with van der Waals surface area (Å²) in [6, 6.07) is 10.3. The van der Waals surface area contributed by atoms with Crippen LogP contribution in [0.1, 0.15) is 6.92 Å². The summed E-state index contributed by atoms with van der Waals surface area (Å²) < 4.78 is 10.5. The Morgan fingerprint density at radius 1 is 1.25 bits per heavy atom. The molecule has 65 valence electrons. The number of rotatable bonds is 5. The van der Waals surface area contributed by atoms with Crippen LogP contribution >= 0.6 is 0 Å². The molecule has 1 aromatic carbocycles. The first-order valence-corrected chi connectivity index (χ1v) is 4.10. The fraction of sp³-hybridized carbons (Fsp3) is 0.400. The standard InChI is InChI=1S/C10H13O2/c1-2-11-8-9-12-10-6-4-3-5-7-10/h4-7H,2,8-9H2,1H3. The van der Waals surface area contributed by atoms with Crippen LogP contribution in [0, 0.1) is 6.07 Å². The van der Waals surface area contributed by atoms with Crippen LogP contribution < -0.4 is 4.74 Å². The summed E-state index contributed by atoms with van der Waals surface area (Å²) in [6.45, 7) is 3.97. The van der Waals surface area contributed by atoms with Gasteiger partial charge in [-0.3, -0.25) is 0 Å². The van der Waals surface area contributed by atoms with E-state index in [9.17, 15) is 0 Å². The average Bonchev–Trinajstić information content (AvgIpc) is 2.14. The molecule has 2 nitrogen and oxygen atoms in total. The summed E-state index contributed by atoms with van der Waals surface area (Å²) in [6.07, 6.45) is 0. The molecule has 1 rings (SSSR count). The summed E-state index contributed by atoms with van der Waals surface area (Å²) in [7, 11) is 0. The highest BCUT2D eigenvalue weighted by atomic mass is 16.5. The van der Waals surface area contributed by atoms with Crippen LogP contribution in [-0.4, -0.2) is 19.8 Å². The number of hydrogen-bond acceptors (Lipinski definition) is 2. The molecule has 0 spiro atoms. The minimum absolute atomic E-state index is 0.609. The van der Waals surface area contributed by atoms with Crippen molar-refractivity contribution < 1.29 is 9.47 Å². The summed E-state index contributed by atoms with van der Waals surface area (Å²) in [5, 5.41) is 0. The largest absolute Gasteiger partial charge is 0.491 e. The van der Waals surface area contributed by atoms with Crippen LogP contribution in [0.3, 0.4) is 0 Å². The first-order valence-electron chi connectivity index (χ1n) is 4.10. The van der Waals surface area contributed by atoms with Crippen molar-refractivity contribution in [2.45, 2.75) is 6.92 Å². The highest BCUT2D eigenvalue weighted by Gasteiger charge is 1.89. The van der Waals surface area contributed by atoms with Gasteiger partial charge in [-0.15, -0.1) is 0 Å². The van der Waals surface area contributed by atoms with Gasteiger partial charge in [0.2, 0.25) is 0 Å². The highest BCUT2D eigenvalue weighted by Crippen LogP contribution is 2.06. The van der Waals surface area contributed by atoms with Gasteiger partial charge in [0.25, 0.3) is 0 Å². The molecule has 0 N–H and O–H groups in total. The van der Waals surface area contributed by atoms with Crippen molar-refractivity contribution in [3.05, 3.63) is 30.3 Å². The van der Waals surface area contributed by atoms with E-state index in [1.54, 1.807) is 0 Å². The zero-order valence-corrected chi connectivity index (χ0v) is 7.25. The lowest BCUT2D eigenvalue weighted by molar-refractivity contribution is 0.110. The van der Waals surface area contributed by atoms with E-state index in [4.69, 9.17) is 9.47 Å². The van der Waals surface area contributed by atoms with Crippen LogP contribution in [0.4, 0.5) is 0 Å². The summed E-state index contributed by atoms with van der Waals surface area (Å²) in [5.74, 6) is 0.869. The van der Waals surface area contributed by atoms with Gasteiger partial charge in [0, 0.05) is 6.61 Å². The van der Waals surface area contributed by atoms with E-state index >= 15 is 0 Å². The fourth-order valence-corrected chi connectivity index (χ4v) is 0.831. The summed E-state index contributed by atoms with van der Waals surface area (Å²) >= 11 is 0. The zero-order chi connectivity index (χ0) is 8.65. The molecule has 1 aromatic rings. The third kappa shape index (κ3) is 3.39. The number of hydrogen-bond donors (Lipinski definition) is 0. The molecule has 0 aliphatic rings. The monoisotopic (exact) mass is 165 g/mol. The Kier molecular flexibility index (Phi) is 4.24. The lowest BCUT2D eigenvalue weighted by Gasteiger charge is -2.04. The molecule has 0 atom stereocenters. The van der Waals surface area contributed by atoms with Gasteiger partial charge in [0.15, 0.2) is 0 Å². The second-order valence-electron chi connectivity index (χ2n) is 2.28. The Bertz CT molecular complexity index is 196. The van der Waals surface area contributed by atoms with Gasteiger partial charge in [-0.05, 0) is 25.1 Å². The third-order valence-electron chi connectivity index (χ3n) is 1.39. The predicted octanol–water partition coefficient (Wildman–Crippen LogP) is 1.90. The maximum atomic E-state index is 5.36. The minimum Gasteiger partial charge on any atom is -0.491 e. The Labute approximate surface area is 73.1 Å². The predicted molar refractivity (Wildman–Crippen MR) is 47.3 cm³/mol. The molecule has 0 unspecified atom stereocenters. The topological polar surface area (TPSA) is 18.5 Å². The zero-order valence-electron chi connectivity index (χ0n) is 7.25. The normalized spacial score (nSPS) is 9.75. The van der Waals surface area contributed by atoms with Crippen molar-refractivity contribution in [3.63, 3.8) is 0 Å². The lowest BCUT2D eigenvalue weighted by atomic mass is 10.3. The van der Waals surface area contributed by atoms with Crippen LogP contribution in [0.15, 0.2) is 24.3 Å². The van der Waals surface area contributed by atoms with Gasteiger partial charge >= 0.3 is 0 Å². The summed E-state index contributed by atoms with van der Waals surface area (Å²) in [5.41, 5.74) is 0. The Morgan fingerprint density at radius 2 is 2.00 bits per heavy atom. The Balaban J connectivity index is 2.16. The molecular formula is C10H13O2. The molecule has 0 amide bonds. The van der Waals surface area contributed by atoms with Gasteiger partial charge < -0.3 is 9.47 Å². The average molecular weight is 165 g/mol. The maximum absolute atomic E-state index is 5.36. The van der Waals surface area contributed by atoms with E-state index in [0.717, 1.165) is 12.4 Å². The lowest BCUT2D eigenvalue weighted by Crippen LogP contribution is -2.05. The van der Waals surface area contributed by atoms with Crippen LogP contribution in [-0.2, 0) is 4.74 Å². The molecule has 1 radical (unpaired) electrons. The Hall–Kier alpha value is -1.02. The molecule has 0 aliphatic carbocycles. The quantitative estimate of drug-likeness (QED) is 0.620. The molecule has 0 saturated heterocycles. The fourth-order valence-electron chi connectivity index (χ4n) is 0.831. The van der Waals surface area contributed by atoms with Crippen molar-refractivity contribution in [2.24, 2.45) is 0 Å². The number of benzene rings is 1. The second kappa shape index (κ2) is 5.61. The van der Waals surface area contributed by atoms with Crippen LogP contribution in [0.5, 0.6) is 5.75 Å². The maximum Gasteiger partial charge on any atom is 0.119 e. The SMILES string of the molecule is CCOCCOc1cc[c]cc1. The smallest absolute Gasteiger partial charge is 0.119 e. The Morgan fingerprint density at radius 3 is 2.67 bits per heavy atom.